The Kier molecular flexibility index (Phi) is 2.60. The van der Waals surface area contributed by atoms with Crippen molar-refractivity contribution in [2.75, 3.05) is 6.54 Å². The third-order valence-electron chi connectivity index (χ3n) is 2.92. The molecule has 5 nitrogen and oxygen atoms in total. The summed E-state index contributed by atoms with van der Waals surface area (Å²) in [6.07, 6.45) is 1.46. The number of nitrogens with zero attached hydrogens (tertiary/aromatic N) is 1. The lowest BCUT2D eigenvalue weighted by molar-refractivity contribution is 0.187. The van der Waals surface area contributed by atoms with Crippen LogP contribution < -0.4 is 0 Å². The zero-order chi connectivity index (χ0) is 12.0. The highest BCUT2D eigenvalue weighted by Crippen LogP contribution is 2.33. The Morgan fingerprint density at radius 3 is 2.69 bits per heavy atom. The number of nitrogens with one attached hydrogen (secondary N) is 1. The summed E-state index contributed by atoms with van der Waals surface area (Å²) < 4.78 is 25.8. The number of hydrogen-bond acceptors (Lipinski definition) is 3. The number of aliphatic hydroxyl groups is 1. The predicted molar refractivity (Wildman–Crippen MR) is 59.4 cm³/mol. The Morgan fingerprint density at radius 1 is 1.56 bits per heavy atom. The smallest absolute Gasteiger partial charge is 0.259 e. The van der Waals surface area contributed by atoms with E-state index >= 15 is 0 Å². The molecule has 2 rings (SSSR count). The molecular formula is C10H16N2O3S. The first-order valence-electron chi connectivity index (χ1n) is 5.18. The van der Waals surface area contributed by atoms with E-state index in [1.807, 2.05) is 13.8 Å². The molecule has 1 fully saturated rings. The number of aromatic nitrogens is 1. The van der Waals surface area contributed by atoms with Crippen molar-refractivity contribution in [3.8, 4) is 0 Å². The van der Waals surface area contributed by atoms with Crippen LogP contribution in [-0.4, -0.2) is 41.0 Å². The van der Waals surface area contributed by atoms with E-state index in [4.69, 9.17) is 0 Å². The van der Waals surface area contributed by atoms with E-state index in [0.717, 1.165) is 0 Å². The molecular weight excluding hydrogens is 228 g/mol. The monoisotopic (exact) mass is 244 g/mol. The number of hydrogen-bond donors (Lipinski definition) is 2. The van der Waals surface area contributed by atoms with Crippen LogP contribution in [0.1, 0.15) is 20.3 Å². The number of aliphatic hydroxyl groups excluding tert-OH is 1. The molecule has 0 amide bonds. The van der Waals surface area contributed by atoms with Crippen molar-refractivity contribution in [1.82, 2.24) is 9.29 Å². The van der Waals surface area contributed by atoms with Gasteiger partial charge in [-0.3, -0.25) is 0 Å². The minimum Gasteiger partial charge on any atom is -0.392 e. The number of sulfonamides is 1. The van der Waals surface area contributed by atoms with Crippen molar-refractivity contribution in [1.29, 1.82) is 0 Å². The van der Waals surface area contributed by atoms with Crippen LogP contribution in [0.2, 0.25) is 0 Å². The van der Waals surface area contributed by atoms with Crippen molar-refractivity contribution in [2.24, 2.45) is 0 Å². The fourth-order valence-corrected chi connectivity index (χ4v) is 4.00. The molecule has 0 saturated carbocycles. The highest BCUT2D eigenvalue weighted by atomic mass is 32.2. The van der Waals surface area contributed by atoms with Gasteiger partial charge in [0, 0.05) is 18.3 Å². The molecule has 90 valence electrons. The van der Waals surface area contributed by atoms with Gasteiger partial charge in [-0.2, -0.15) is 4.31 Å². The largest absolute Gasteiger partial charge is 0.392 e. The summed E-state index contributed by atoms with van der Waals surface area (Å²) in [6, 6.07) is 3.17. The molecule has 2 N–H and O–H groups in total. The highest BCUT2D eigenvalue weighted by Gasteiger charge is 2.45. The lowest BCUT2D eigenvalue weighted by Gasteiger charge is -2.29. The second-order valence-corrected chi connectivity index (χ2v) is 6.57. The number of aromatic amines is 1. The molecule has 1 atom stereocenters. The standard InChI is InChI=1S/C10H16N2O3S/c1-10(2)6-8(13)7-12(10)16(14,15)9-4-3-5-11-9/h3-5,8,11,13H,6-7H2,1-2H3. The Hall–Kier alpha value is -0.850. The van der Waals surface area contributed by atoms with Gasteiger partial charge in [0.1, 0.15) is 5.03 Å². The number of β-amino-alcohol motifs (C(OH)–C–C–N with tert-alkyl or cyclic N) is 1. The summed E-state index contributed by atoms with van der Waals surface area (Å²) >= 11 is 0. The normalized spacial score (nSPS) is 26.1. The Labute approximate surface area is 95.1 Å². The third kappa shape index (κ3) is 1.77. The van der Waals surface area contributed by atoms with Gasteiger partial charge in [-0.1, -0.05) is 0 Å². The van der Waals surface area contributed by atoms with Crippen molar-refractivity contribution in [3.05, 3.63) is 18.3 Å². The average molecular weight is 244 g/mol. The van der Waals surface area contributed by atoms with Crippen molar-refractivity contribution >= 4 is 10.0 Å². The van der Waals surface area contributed by atoms with Gasteiger partial charge in [-0.05, 0) is 32.4 Å². The maximum Gasteiger partial charge on any atom is 0.259 e. The zero-order valence-corrected chi connectivity index (χ0v) is 10.2. The van der Waals surface area contributed by atoms with Crippen LogP contribution in [0.3, 0.4) is 0 Å². The molecule has 1 aliphatic rings. The van der Waals surface area contributed by atoms with Crippen LogP contribution in [-0.2, 0) is 10.0 Å². The van der Waals surface area contributed by atoms with Gasteiger partial charge >= 0.3 is 0 Å². The van der Waals surface area contributed by atoms with E-state index < -0.39 is 21.7 Å². The molecule has 0 spiro atoms. The first-order valence-corrected chi connectivity index (χ1v) is 6.62. The molecule has 6 heteroatoms. The van der Waals surface area contributed by atoms with E-state index in [-0.39, 0.29) is 11.6 Å². The maximum absolute atomic E-state index is 12.2. The first kappa shape index (κ1) is 11.6. The number of rotatable bonds is 2. The molecule has 1 unspecified atom stereocenters. The third-order valence-corrected chi connectivity index (χ3v) is 4.96. The summed E-state index contributed by atoms with van der Waals surface area (Å²) in [4.78, 5) is 2.70. The lowest BCUT2D eigenvalue weighted by Crippen LogP contribution is -2.42. The van der Waals surface area contributed by atoms with Crippen molar-refractivity contribution in [3.63, 3.8) is 0 Å². The van der Waals surface area contributed by atoms with Gasteiger partial charge in [-0.25, -0.2) is 8.42 Å². The SMILES string of the molecule is CC1(C)CC(O)CN1S(=O)(=O)c1ccc[nH]1. The summed E-state index contributed by atoms with van der Waals surface area (Å²) in [5, 5.41) is 9.76. The Bertz CT molecular complexity index is 464. The van der Waals surface area contributed by atoms with Gasteiger partial charge in [0.2, 0.25) is 0 Å². The fraction of sp³-hybridized carbons (Fsp3) is 0.600. The van der Waals surface area contributed by atoms with E-state index in [9.17, 15) is 13.5 Å². The zero-order valence-electron chi connectivity index (χ0n) is 9.34. The minimum atomic E-state index is -3.52. The minimum absolute atomic E-state index is 0.161. The second-order valence-electron chi connectivity index (χ2n) is 4.74. The van der Waals surface area contributed by atoms with Crippen molar-refractivity contribution in [2.45, 2.75) is 36.9 Å². The average Bonchev–Trinajstić information content (AvgIpc) is 2.72. The van der Waals surface area contributed by atoms with Crippen LogP contribution in [0.5, 0.6) is 0 Å². The lowest BCUT2D eigenvalue weighted by atomic mass is 10.0. The summed E-state index contributed by atoms with van der Waals surface area (Å²) in [7, 11) is -3.52. The quantitative estimate of drug-likeness (QED) is 0.798. The van der Waals surface area contributed by atoms with Gasteiger partial charge in [0.15, 0.2) is 0 Å². The molecule has 0 aromatic carbocycles. The maximum atomic E-state index is 12.2. The molecule has 1 aromatic rings. The van der Waals surface area contributed by atoms with Crippen LogP contribution in [0.15, 0.2) is 23.4 Å². The van der Waals surface area contributed by atoms with E-state index in [1.165, 1.54) is 10.4 Å². The van der Waals surface area contributed by atoms with Gasteiger partial charge in [0.25, 0.3) is 10.0 Å². The fourth-order valence-electron chi connectivity index (χ4n) is 2.20. The van der Waals surface area contributed by atoms with Crippen molar-refractivity contribution < 1.29 is 13.5 Å². The summed E-state index contributed by atoms with van der Waals surface area (Å²) in [5.41, 5.74) is -0.538. The molecule has 0 radical (unpaired) electrons. The Morgan fingerprint density at radius 2 is 2.25 bits per heavy atom. The van der Waals surface area contributed by atoms with Gasteiger partial charge < -0.3 is 10.1 Å². The first-order chi connectivity index (χ1) is 7.34. The van der Waals surface area contributed by atoms with E-state index in [2.05, 4.69) is 4.98 Å². The number of H-pyrrole nitrogens is 1. The van der Waals surface area contributed by atoms with E-state index in [1.54, 1.807) is 12.3 Å². The van der Waals surface area contributed by atoms with Crippen LogP contribution >= 0.6 is 0 Å². The molecule has 1 saturated heterocycles. The second kappa shape index (κ2) is 3.58. The molecule has 0 bridgehead atoms. The summed E-state index contributed by atoms with van der Waals surface area (Å²) in [6.45, 7) is 3.81. The molecule has 16 heavy (non-hydrogen) atoms. The van der Waals surface area contributed by atoms with E-state index in [0.29, 0.717) is 6.42 Å². The van der Waals surface area contributed by atoms with Gasteiger partial charge in [0.05, 0.1) is 6.10 Å². The van der Waals surface area contributed by atoms with Crippen LogP contribution in [0.25, 0.3) is 0 Å². The molecule has 1 aliphatic heterocycles. The molecule has 0 aliphatic carbocycles. The molecule has 2 heterocycles. The van der Waals surface area contributed by atoms with Crippen LogP contribution in [0.4, 0.5) is 0 Å². The van der Waals surface area contributed by atoms with Crippen LogP contribution in [0, 0.1) is 0 Å². The summed E-state index contributed by atoms with van der Waals surface area (Å²) in [5.74, 6) is 0. The van der Waals surface area contributed by atoms with Gasteiger partial charge in [-0.15, -0.1) is 0 Å². The highest BCUT2D eigenvalue weighted by molar-refractivity contribution is 7.89. The molecule has 1 aromatic heterocycles. The Balaban J connectivity index is 2.39. The predicted octanol–water partition coefficient (Wildman–Crippen LogP) is 0.549. The topological polar surface area (TPSA) is 73.4 Å².